The number of carbonyl (C=O) groups excluding carboxylic acids is 1. The summed E-state index contributed by atoms with van der Waals surface area (Å²) < 4.78 is 6.97. The van der Waals surface area contributed by atoms with Crippen molar-refractivity contribution in [2.24, 2.45) is 5.92 Å². The Hall–Kier alpha value is -3.22. The van der Waals surface area contributed by atoms with Gasteiger partial charge in [-0.2, -0.15) is 4.68 Å². The fraction of sp³-hybridized carbons (Fsp3) is 0.263. The lowest BCUT2D eigenvalue weighted by Gasteiger charge is -2.12. The highest BCUT2D eigenvalue weighted by Crippen LogP contribution is 2.48. The highest BCUT2D eigenvalue weighted by molar-refractivity contribution is 5.95. The molecule has 1 heterocycles. The van der Waals surface area contributed by atoms with Gasteiger partial charge in [-0.25, -0.2) is 0 Å². The summed E-state index contributed by atoms with van der Waals surface area (Å²) in [5.41, 5.74) is 2.59. The molecule has 2 atom stereocenters. The SMILES string of the molecule is COc1ccc(NC(=O)[C@H]2C[C@H]2c2ccccc2)cc1-n1nnnc1C. The molecule has 7 nitrogen and oxygen atoms in total. The quantitative estimate of drug-likeness (QED) is 0.766. The van der Waals surface area contributed by atoms with E-state index in [2.05, 4.69) is 33.0 Å². The molecule has 4 rings (SSSR count). The summed E-state index contributed by atoms with van der Waals surface area (Å²) in [4.78, 5) is 12.6. The Morgan fingerprint density at radius 1 is 1.23 bits per heavy atom. The molecule has 0 bridgehead atoms. The number of aryl methyl sites for hydroxylation is 1. The highest BCUT2D eigenvalue weighted by atomic mass is 16.5. The summed E-state index contributed by atoms with van der Waals surface area (Å²) in [6.45, 7) is 1.80. The van der Waals surface area contributed by atoms with Gasteiger partial charge < -0.3 is 10.1 Å². The average molecular weight is 349 g/mol. The van der Waals surface area contributed by atoms with Crippen LogP contribution in [0.3, 0.4) is 0 Å². The number of amides is 1. The van der Waals surface area contributed by atoms with Crippen molar-refractivity contribution in [3.63, 3.8) is 0 Å². The number of aromatic nitrogens is 4. The molecule has 7 heteroatoms. The predicted molar refractivity (Wildman–Crippen MR) is 96.4 cm³/mol. The molecule has 1 saturated carbocycles. The lowest BCUT2D eigenvalue weighted by molar-refractivity contribution is -0.117. The molecule has 0 aliphatic heterocycles. The Morgan fingerprint density at radius 2 is 2.04 bits per heavy atom. The van der Waals surface area contributed by atoms with Crippen LogP contribution in [0.25, 0.3) is 5.69 Å². The molecule has 1 aliphatic carbocycles. The van der Waals surface area contributed by atoms with Gasteiger partial charge in [0.15, 0.2) is 5.82 Å². The van der Waals surface area contributed by atoms with Crippen molar-refractivity contribution in [1.29, 1.82) is 0 Å². The number of tetrazole rings is 1. The number of methoxy groups -OCH3 is 1. The van der Waals surface area contributed by atoms with Gasteiger partial charge in [-0.15, -0.1) is 5.10 Å². The van der Waals surface area contributed by atoms with Gasteiger partial charge in [-0.3, -0.25) is 4.79 Å². The molecular formula is C19H19N5O2. The van der Waals surface area contributed by atoms with E-state index in [1.165, 1.54) is 5.56 Å². The van der Waals surface area contributed by atoms with E-state index in [4.69, 9.17) is 4.74 Å². The van der Waals surface area contributed by atoms with Gasteiger partial charge in [-0.1, -0.05) is 30.3 Å². The van der Waals surface area contributed by atoms with E-state index < -0.39 is 0 Å². The zero-order valence-electron chi connectivity index (χ0n) is 14.6. The predicted octanol–water partition coefficient (Wildman–Crippen LogP) is 2.72. The zero-order chi connectivity index (χ0) is 18.1. The number of carbonyl (C=O) groups is 1. The first-order chi connectivity index (χ1) is 12.7. The van der Waals surface area contributed by atoms with Crippen molar-refractivity contribution in [2.75, 3.05) is 12.4 Å². The molecule has 1 aromatic heterocycles. The standard InChI is InChI=1S/C19H19N5O2/c1-12-21-22-23-24(12)17-10-14(8-9-18(17)26-2)20-19(25)16-11-15(16)13-6-4-3-5-7-13/h3-10,15-16H,11H2,1-2H3,(H,20,25)/t15-,16-/m0/s1. The van der Waals surface area contributed by atoms with Crippen LogP contribution >= 0.6 is 0 Å². The molecule has 1 N–H and O–H groups in total. The smallest absolute Gasteiger partial charge is 0.228 e. The van der Waals surface area contributed by atoms with E-state index in [-0.39, 0.29) is 11.8 Å². The van der Waals surface area contributed by atoms with Crippen LogP contribution in [0, 0.1) is 12.8 Å². The topological polar surface area (TPSA) is 81.9 Å². The van der Waals surface area contributed by atoms with Crippen LogP contribution in [0.15, 0.2) is 48.5 Å². The van der Waals surface area contributed by atoms with Gasteiger partial charge in [0.25, 0.3) is 0 Å². The number of anilines is 1. The molecule has 0 unspecified atom stereocenters. The second-order valence-corrected chi connectivity index (χ2v) is 6.37. The second-order valence-electron chi connectivity index (χ2n) is 6.37. The number of nitrogens with one attached hydrogen (secondary N) is 1. The van der Waals surface area contributed by atoms with Crippen LogP contribution < -0.4 is 10.1 Å². The van der Waals surface area contributed by atoms with E-state index in [0.717, 1.165) is 6.42 Å². The number of ether oxygens (including phenoxy) is 1. The molecule has 0 saturated heterocycles. The lowest BCUT2D eigenvalue weighted by Crippen LogP contribution is -2.15. The van der Waals surface area contributed by atoms with Gasteiger partial charge in [0, 0.05) is 11.6 Å². The normalized spacial score (nSPS) is 18.4. The van der Waals surface area contributed by atoms with E-state index in [1.54, 1.807) is 24.8 Å². The summed E-state index contributed by atoms with van der Waals surface area (Å²) in [6, 6.07) is 15.6. The molecule has 3 aromatic rings. The third kappa shape index (κ3) is 3.03. The minimum absolute atomic E-state index is 0.0118. The maximum absolute atomic E-state index is 12.6. The Bertz CT molecular complexity index is 938. The molecule has 26 heavy (non-hydrogen) atoms. The van der Waals surface area contributed by atoms with Crippen molar-refractivity contribution in [3.05, 3.63) is 59.9 Å². The Kier molecular flexibility index (Phi) is 4.12. The number of hydrogen-bond donors (Lipinski definition) is 1. The second kappa shape index (κ2) is 6.59. The van der Waals surface area contributed by atoms with Crippen molar-refractivity contribution in [3.8, 4) is 11.4 Å². The van der Waals surface area contributed by atoms with Crippen molar-refractivity contribution in [1.82, 2.24) is 20.2 Å². The fourth-order valence-corrected chi connectivity index (χ4v) is 3.18. The first kappa shape index (κ1) is 16.3. The molecule has 132 valence electrons. The summed E-state index contributed by atoms with van der Waals surface area (Å²) in [5, 5.41) is 14.5. The van der Waals surface area contributed by atoms with Crippen molar-refractivity contribution in [2.45, 2.75) is 19.3 Å². The van der Waals surface area contributed by atoms with Gasteiger partial charge in [-0.05, 0) is 53.5 Å². The molecule has 2 aromatic carbocycles. The summed E-state index contributed by atoms with van der Waals surface area (Å²) in [6.07, 6.45) is 0.880. The summed E-state index contributed by atoms with van der Waals surface area (Å²) in [5.74, 6) is 1.61. The first-order valence-corrected chi connectivity index (χ1v) is 8.46. The van der Waals surface area contributed by atoms with Crippen LogP contribution in [0.2, 0.25) is 0 Å². The Balaban J connectivity index is 1.52. The Labute approximate surface area is 151 Å². The van der Waals surface area contributed by atoms with Crippen LogP contribution in [-0.2, 0) is 4.79 Å². The molecular weight excluding hydrogens is 330 g/mol. The number of hydrogen-bond acceptors (Lipinski definition) is 5. The first-order valence-electron chi connectivity index (χ1n) is 8.46. The highest BCUT2D eigenvalue weighted by Gasteiger charge is 2.43. The minimum Gasteiger partial charge on any atom is -0.494 e. The number of rotatable bonds is 5. The maximum atomic E-state index is 12.6. The van der Waals surface area contributed by atoms with Crippen LogP contribution in [0.5, 0.6) is 5.75 Å². The number of benzene rings is 2. The third-order valence-electron chi connectivity index (χ3n) is 4.65. The Morgan fingerprint density at radius 3 is 2.73 bits per heavy atom. The van der Waals surface area contributed by atoms with E-state index in [0.29, 0.717) is 28.9 Å². The molecule has 1 fully saturated rings. The minimum atomic E-state index is 0.0118. The van der Waals surface area contributed by atoms with E-state index >= 15 is 0 Å². The monoisotopic (exact) mass is 349 g/mol. The summed E-state index contributed by atoms with van der Waals surface area (Å²) in [7, 11) is 1.59. The summed E-state index contributed by atoms with van der Waals surface area (Å²) >= 11 is 0. The van der Waals surface area contributed by atoms with E-state index in [1.807, 2.05) is 30.3 Å². The largest absolute Gasteiger partial charge is 0.494 e. The lowest BCUT2D eigenvalue weighted by atomic mass is 10.1. The van der Waals surface area contributed by atoms with Crippen LogP contribution in [0.1, 0.15) is 23.7 Å². The molecule has 0 spiro atoms. The molecule has 1 aliphatic rings. The zero-order valence-corrected chi connectivity index (χ0v) is 14.6. The maximum Gasteiger partial charge on any atom is 0.228 e. The van der Waals surface area contributed by atoms with Gasteiger partial charge >= 0.3 is 0 Å². The average Bonchev–Trinajstić information content (AvgIpc) is 3.37. The molecule has 0 radical (unpaired) electrons. The fourth-order valence-electron chi connectivity index (χ4n) is 3.18. The van der Waals surface area contributed by atoms with Crippen molar-refractivity contribution < 1.29 is 9.53 Å². The van der Waals surface area contributed by atoms with Crippen LogP contribution in [-0.4, -0.2) is 33.2 Å². The van der Waals surface area contributed by atoms with Gasteiger partial charge in [0.05, 0.1) is 7.11 Å². The van der Waals surface area contributed by atoms with Gasteiger partial charge in [0.2, 0.25) is 5.91 Å². The molecule has 1 amide bonds. The third-order valence-corrected chi connectivity index (χ3v) is 4.65. The van der Waals surface area contributed by atoms with Crippen LogP contribution in [0.4, 0.5) is 5.69 Å². The van der Waals surface area contributed by atoms with Gasteiger partial charge in [0.1, 0.15) is 11.4 Å². The number of nitrogens with zero attached hydrogens (tertiary/aromatic N) is 4. The van der Waals surface area contributed by atoms with E-state index in [9.17, 15) is 4.79 Å². The van der Waals surface area contributed by atoms with Crippen molar-refractivity contribution >= 4 is 11.6 Å².